The number of benzene rings is 1. The summed E-state index contributed by atoms with van der Waals surface area (Å²) in [7, 11) is 2.14. The van der Waals surface area contributed by atoms with Gasteiger partial charge in [-0.2, -0.15) is 4.68 Å². The molecule has 1 aliphatic rings. The number of hydrogen-bond acceptors (Lipinski definition) is 4. The van der Waals surface area contributed by atoms with Crippen molar-refractivity contribution in [3.8, 4) is 0 Å². The van der Waals surface area contributed by atoms with Gasteiger partial charge in [0.15, 0.2) is 10.6 Å². The average Bonchev–Trinajstić information content (AvgIpc) is 3.34. The van der Waals surface area contributed by atoms with Crippen molar-refractivity contribution in [3.63, 3.8) is 0 Å². The van der Waals surface area contributed by atoms with Gasteiger partial charge in [0.1, 0.15) is 6.54 Å². The number of carbonyl (C=O) groups is 1. The third-order valence-corrected chi connectivity index (χ3v) is 5.77. The summed E-state index contributed by atoms with van der Waals surface area (Å²) >= 11 is 6.94. The monoisotopic (exact) mass is 377 g/mol. The molecule has 1 aromatic carbocycles. The van der Waals surface area contributed by atoms with Gasteiger partial charge in [0.25, 0.3) is 0 Å². The van der Waals surface area contributed by atoms with Crippen LogP contribution in [0.5, 0.6) is 0 Å². The molecule has 0 aliphatic heterocycles. The number of nitrogens with one attached hydrogen (secondary N) is 1. The molecule has 134 valence electrons. The molecule has 3 rings (SSSR count). The van der Waals surface area contributed by atoms with Gasteiger partial charge in [-0.15, -0.1) is 5.10 Å². The molecule has 7 heteroatoms. The van der Waals surface area contributed by atoms with E-state index < -0.39 is 0 Å². The van der Waals surface area contributed by atoms with E-state index in [0.29, 0.717) is 19.1 Å². The Kier molecular flexibility index (Phi) is 5.66. The Morgan fingerprint density at radius 1 is 1.44 bits per heavy atom. The van der Waals surface area contributed by atoms with Gasteiger partial charge >= 0.3 is 0 Å². The van der Waals surface area contributed by atoms with E-state index in [9.17, 15) is 4.79 Å². The minimum Gasteiger partial charge on any atom is -0.315 e. The fourth-order valence-corrected chi connectivity index (χ4v) is 4.09. The third kappa shape index (κ3) is 4.34. The van der Waals surface area contributed by atoms with Crippen LogP contribution in [0.4, 0.5) is 5.13 Å². The van der Waals surface area contributed by atoms with E-state index in [2.05, 4.69) is 43.3 Å². The van der Waals surface area contributed by atoms with Crippen molar-refractivity contribution in [2.75, 3.05) is 11.9 Å². The Hall–Kier alpha value is -1.57. The van der Waals surface area contributed by atoms with Crippen LogP contribution in [-0.2, 0) is 18.0 Å². The summed E-state index contributed by atoms with van der Waals surface area (Å²) in [6.07, 6.45) is 2.63. The quantitative estimate of drug-likeness (QED) is 0.754. The molecule has 1 aromatic heterocycles. The number of carbonyl (C=O) groups excluding carboxylic acids is 1. The highest BCUT2D eigenvalue weighted by molar-refractivity contribution is 7.73. The fraction of sp³-hybridized carbons (Fsp3) is 0.500. The number of aryl methyl sites for hydroxylation is 1. The van der Waals surface area contributed by atoms with Gasteiger partial charge in [-0.25, -0.2) is 0 Å². The highest BCUT2D eigenvalue weighted by Gasteiger charge is 2.35. The zero-order chi connectivity index (χ0) is 18.0. The maximum absolute atomic E-state index is 12.3. The van der Waals surface area contributed by atoms with E-state index in [4.69, 9.17) is 12.2 Å². The van der Waals surface area contributed by atoms with E-state index >= 15 is 0 Å². The van der Waals surface area contributed by atoms with Crippen LogP contribution < -0.4 is 9.80 Å². The fourth-order valence-electron chi connectivity index (χ4n) is 2.91. The highest BCUT2D eigenvalue weighted by atomic mass is 32.1. The lowest BCUT2D eigenvalue weighted by molar-refractivity contribution is -0.917. The number of hydrogen-bond donors (Lipinski definition) is 1. The molecule has 5 nitrogen and oxygen atoms in total. The topological polar surface area (TPSA) is 42.6 Å². The van der Waals surface area contributed by atoms with Gasteiger partial charge in [-0.1, -0.05) is 42.5 Å². The molecule has 1 atom stereocenters. The second-order valence-corrected chi connectivity index (χ2v) is 8.32. The molecule has 25 heavy (non-hydrogen) atoms. The van der Waals surface area contributed by atoms with Crippen LogP contribution in [0.15, 0.2) is 24.3 Å². The summed E-state index contributed by atoms with van der Waals surface area (Å²) in [6, 6.07) is 8.76. The largest absolute Gasteiger partial charge is 0.315 e. The Bertz CT molecular complexity index is 809. The molecule has 0 saturated heterocycles. The zero-order valence-corrected chi connectivity index (χ0v) is 16.6. The van der Waals surface area contributed by atoms with Crippen molar-refractivity contribution in [2.24, 2.45) is 0 Å². The maximum Gasteiger partial charge on any atom is 0.228 e. The molecule has 1 amide bonds. The van der Waals surface area contributed by atoms with Crippen molar-refractivity contribution < 1.29 is 9.69 Å². The smallest absolute Gasteiger partial charge is 0.228 e. The van der Waals surface area contributed by atoms with Crippen LogP contribution >= 0.6 is 23.6 Å². The van der Waals surface area contributed by atoms with Crippen LogP contribution in [0, 0.1) is 10.9 Å². The van der Waals surface area contributed by atoms with E-state index in [0.717, 1.165) is 28.5 Å². The minimum absolute atomic E-state index is 0.138. The van der Waals surface area contributed by atoms with E-state index in [1.165, 1.54) is 27.4 Å². The molecule has 1 N–H and O–H groups in total. The molecule has 1 aliphatic carbocycles. The zero-order valence-electron chi connectivity index (χ0n) is 15.0. The first-order valence-electron chi connectivity index (χ1n) is 8.75. The first-order chi connectivity index (χ1) is 12.0. The SMILES string of the molecule is CCC(=O)N(c1nn(C[NH+](C)Cc2ccccc2C)c(=S)s1)C1CC1. The maximum atomic E-state index is 12.3. The number of aromatic nitrogens is 2. The molecule has 0 radical (unpaired) electrons. The lowest BCUT2D eigenvalue weighted by Gasteiger charge is -2.18. The first-order valence-corrected chi connectivity index (χ1v) is 9.98. The molecule has 1 heterocycles. The number of nitrogens with zero attached hydrogens (tertiary/aromatic N) is 3. The van der Waals surface area contributed by atoms with Crippen LogP contribution in [-0.4, -0.2) is 28.8 Å². The van der Waals surface area contributed by atoms with Crippen LogP contribution in [0.2, 0.25) is 0 Å². The second-order valence-electron chi connectivity index (χ2n) is 6.72. The van der Waals surface area contributed by atoms with Gasteiger partial charge < -0.3 is 4.90 Å². The first kappa shape index (κ1) is 18.2. The van der Waals surface area contributed by atoms with E-state index in [1.807, 2.05) is 16.5 Å². The molecule has 1 unspecified atom stereocenters. The summed E-state index contributed by atoms with van der Waals surface area (Å²) in [6.45, 7) is 5.65. The molecule has 0 spiro atoms. The predicted molar refractivity (Wildman–Crippen MR) is 104 cm³/mol. The van der Waals surface area contributed by atoms with Crippen molar-refractivity contribution in [1.29, 1.82) is 0 Å². The third-order valence-electron chi connectivity index (χ3n) is 4.46. The van der Waals surface area contributed by atoms with Crippen LogP contribution in [0.3, 0.4) is 0 Å². The van der Waals surface area contributed by atoms with Crippen LogP contribution in [0.1, 0.15) is 37.3 Å². The van der Waals surface area contributed by atoms with E-state index in [-0.39, 0.29) is 5.91 Å². The molecule has 1 fully saturated rings. The highest BCUT2D eigenvalue weighted by Crippen LogP contribution is 2.33. The van der Waals surface area contributed by atoms with Gasteiger partial charge in [0.2, 0.25) is 11.0 Å². The second kappa shape index (κ2) is 7.76. The summed E-state index contributed by atoms with van der Waals surface area (Å²) < 4.78 is 2.59. The van der Waals surface area contributed by atoms with Crippen molar-refractivity contribution in [1.82, 2.24) is 9.78 Å². The molecule has 2 aromatic rings. The molecule has 1 saturated carbocycles. The number of anilines is 1. The standard InChI is InChI=1S/C18H24N4OS2/c1-4-16(23)22(15-9-10-15)17-19-21(18(24)25-17)12-20(3)11-14-8-6-5-7-13(14)2/h5-8,15H,4,9-12H2,1-3H3/p+1. The normalized spacial score (nSPS) is 15.2. The minimum atomic E-state index is 0.138. The Balaban J connectivity index is 1.73. The molecular weight excluding hydrogens is 352 g/mol. The average molecular weight is 378 g/mol. The Morgan fingerprint density at radius 3 is 2.80 bits per heavy atom. The number of quaternary nitrogens is 1. The predicted octanol–water partition coefficient (Wildman–Crippen LogP) is 2.56. The number of rotatable bonds is 7. The summed E-state index contributed by atoms with van der Waals surface area (Å²) in [5.74, 6) is 0.138. The lowest BCUT2D eigenvalue weighted by atomic mass is 10.1. The molecule has 0 bridgehead atoms. The van der Waals surface area contributed by atoms with Gasteiger partial charge in [0.05, 0.1) is 7.05 Å². The van der Waals surface area contributed by atoms with Crippen molar-refractivity contribution in [3.05, 3.63) is 39.3 Å². The van der Waals surface area contributed by atoms with Gasteiger partial charge in [-0.3, -0.25) is 9.69 Å². The Labute approximate surface area is 157 Å². The van der Waals surface area contributed by atoms with Crippen molar-refractivity contribution in [2.45, 2.75) is 52.4 Å². The van der Waals surface area contributed by atoms with Crippen LogP contribution in [0.25, 0.3) is 0 Å². The van der Waals surface area contributed by atoms with E-state index in [1.54, 1.807) is 0 Å². The summed E-state index contributed by atoms with van der Waals surface area (Å²) in [4.78, 5) is 15.4. The van der Waals surface area contributed by atoms with Gasteiger partial charge in [-0.05, 0) is 37.5 Å². The molecular formula is C18H25N4OS2+. The summed E-state index contributed by atoms with van der Waals surface area (Å²) in [5.41, 5.74) is 2.64. The van der Waals surface area contributed by atoms with Crippen molar-refractivity contribution >= 4 is 34.6 Å². The number of amides is 1. The summed E-state index contributed by atoms with van der Waals surface area (Å²) in [5, 5.41) is 5.41. The van der Waals surface area contributed by atoms with Gasteiger partial charge in [0, 0.05) is 18.0 Å². The Morgan fingerprint density at radius 2 is 2.16 bits per heavy atom. The lowest BCUT2D eigenvalue weighted by Crippen LogP contribution is -3.07.